The Kier molecular flexibility index (Phi) is 2.25. The highest BCUT2D eigenvalue weighted by Gasteiger charge is 1.94. The molecule has 0 atom stereocenters. The van der Waals surface area contributed by atoms with Crippen LogP contribution < -0.4 is 10.5 Å². The molecular formula is C7H9NO2. The van der Waals surface area contributed by atoms with Crippen LogP contribution in [0.15, 0.2) is 24.3 Å². The van der Waals surface area contributed by atoms with E-state index in [0.29, 0.717) is 5.75 Å². The fraction of sp³-hybridized carbons (Fsp3) is 0.143. The van der Waals surface area contributed by atoms with Crippen molar-refractivity contribution in [3.05, 3.63) is 29.8 Å². The second-order valence-electron chi connectivity index (χ2n) is 1.96. The summed E-state index contributed by atoms with van der Waals surface area (Å²) in [5.74, 6) is 0.630. The van der Waals surface area contributed by atoms with E-state index >= 15 is 0 Å². The van der Waals surface area contributed by atoms with E-state index in [4.69, 9.17) is 5.21 Å². The third kappa shape index (κ3) is 1.46. The molecular weight excluding hydrogens is 130 g/mol. The molecule has 10 heavy (non-hydrogen) atoms. The lowest BCUT2D eigenvalue weighted by Crippen LogP contribution is -2.12. The van der Waals surface area contributed by atoms with Crippen molar-refractivity contribution in [3.8, 4) is 5.75 Å². The van der Waals surface area contributed by atoms with E-state index in [1.165, 1.54) is 0 Å². The summed E-state index contributed by atoms with van der Waals surface area (Å²) in [7, 11) is 0. The number of rotatable bonds is 2. The number of para-hydroxylation sites is 1. The number of nitrogens with one attached hydrogen (secondary N) is 1. The first-order chi connectivity index (χ1) is 4.84. The first-order valence-corrected chi connectivity index (χ1v) is 2.96. The van der Waals surface area contributed by atoms with E-state index in [0.717, 1.165) is 5.56 Å². The first kappa shape index (κ1) is 7.05. The second kappa shape index (κ2) is 3.20. The molecule has 0 saturated carbocycles. The van der Waals surface area contributed by atoms with Gasteiger partial charge in [-0.3, -0.25) is 5.21 Å². The molecule has 0 heterocycles. The van der Waals surface area contributed by atoms with Gasteiger partial charge in [-0.1, -0.05) is 18.2 Å². The summed E-state index contributed by atoms with van der Waals surface area (Å²) < 4.78 is 0. The average Bonchev–Trinajstić information content (AvgIpc) is 1.94. The molecule has 3 nitrogen and oxygen atoms in total. The van der Waals surface area contributed by atoms with Crippen LogP contribution in [0, 0.1) is 6.92 Å². The fourth-order valence-electron chi connectivity index (χ4n) is 0.720. The summed E-state index contributed by atoms with van der Waals surface area (Å²) in [6, 6.07) is 7.39. The Labute approximate surface area is 59.2 Å². The molecule has 54 valence electrons. The minimum atomic E-state index is 0.630. The van der Waals surface area contributed by atoms with Crippen molar-refractivity contribution in [2.75, 3.05) is 0 Å². The van der Waals surface area contributed by atoms with Gasteiger partial charge in [0.2, 0.25) is 0 Å². The molecule has 3 heteroatoms. The molecule has 0 spiro atoms. The molecule has 1 aromatic rings. The Morgan fingerprint density at radius 2 is 2.10 bits per heavy atom. The Hall–Kier alpha value is -1.06. The molecule has 0 amide bonds. The van der Waals surface area contributed by atoms with Gasteiger partial charge in [0.1, 0.15) is 0 Å². The molecule has 0 aliphatic heterocycles. The zero-order valence-electron chi connectivity index (χ0n) is 5.66. The molecule has 1 rings (SSSR count). The van der Waals surface area contributed by atoms with E-state index in [1.54, 1.807) is 11.7 Å². The maximum absolute atomic E-state index is 8.17. The van der Waals surface area contributed by atoms with Crippen LogP contribution in [0.2, 0.25) is 0 Å². The van der Waals surface area contributed by atoms with Gasteiger partial charge in [-0.15, -0.1) is 0 Å². The summed E-state index contributed by atoms with van der Waals surface area (Å²) in [6.07, 6.45) is 0. The highest BCUT2D eigenvalue weighted by atomic mass is 16.8. The van der Waals surface area contributed by atoms with E-state index in [-0.39, 0.29) is 0 Å². The standard InChI is InChI=1S/C7H9NO2/c1-6-4-2-3-5-7(6)10-8-9/h2-5,8-9H,1H3. The summed E-state index contributed by atoms with van der Waals surface area (Å²) >= 11 is 0. The van der Waals surface area contributed by atoms with Crippen LogP contribution in [0.3, 0.4) is 0 Å². The number of benzene rings is 1. The Morgan fingerprint density at radius 3 is 2.70 bits per heavy atom. The van der Waals surface area contributed by atoms with Crippen LogP contribution in [0.4, 0.5) is 0 Å². The van der Waals surface area contributed by atoms with Gasteiger partial charge >= 0.3 is 0 Å². The first-order valence-electron chi connectivity index (χ1n) is 2.96. The monoisotopic (exact) mass is 139 g/mol. The molecule has 0 aliphatic rings. The predicted molar refractivity (Wildman–Crippen MR) is 36.7 cm³/mol. The summed E-state index contributed by atoms with van der Waals surface area (Å²) in [5, 5.41) is 8.17. The van der Waals surface area contributed by atoms with E-state index < -0.39 is 0 Å². The van der Waals surface area contributed by atoms with Crippen LogP contribution in [-0.2, 0) is 0 Å². The van der Waals surface area contributed by atoms with Crippen LogP contribution in [0.25, 0.3) is 0 Å². The highest BCUT2D eigenvalue weighted by molar-refractivity contribution is 5.31. The lowest BCUT2D eigenvalue weighted by molar-refractivity contribution is -0.0440. The molecule has 2 N–H and O–H groups in total. The molecule has 0 unspecified atom stereocenters. The average molecular weight is 139 g/mol. The van der Waals surface area contributed by atoms with Gasteiger partial charge in [-0.25, -0.2) is 0 Å². The Balaban J connectivity index is 2.81. The van der Waals surface area contributed by atoms with Gasteiger partial charge in [0, 0.05) is 0 Å². The lowest BCUT2D eigenvalue weighted by Gasteiger charge is -2.02. The number of hydrogen-bond donors (Lipinski definition) is 2. The van der Waals surface area contributed by atoms with Crippen molar-refractivity contribution in [2.24, 2.45) is 0 Å². The second-order valence-corrected chi connectivity index (χ2v) is 1.96. The van der Waals surface area contributed by atoms with Gasteiger partial charge in [0.25, 0.3) is 0 Å². The van der Waals surface area contributed by atoms with Gasteiger partial charge in [0.15, 0.2) is 5.75 Å². The van der Waals surface area contributed by atoms with E-state index in [9.17, 15) is 0 Å². The summed E-state index contributed by atoms with van der Waals surface area (Å²) in [5.41, 5.74) is 2.60. The zero-order valence-corrected chi connectivity index (χ0v) is 5.66. The van der Waals surface area contributed by atoms with Crippen molar-refractivity contribution in [2.45, 2.75) is 6.92 Å². The van der Waals surface area contributed by atoms with Crippen molar-refractivity contribution < 1.29 is 10.0 Å². The van der Waals surface area contributed by atoms with Crippen molar-refractivity contribution in [1.29, 1.82) is 0 Å². The number of aryl methyl sites for hydroxylation is 1. The van der Waals surface area contributed by atoms with Crippen molar-refractivity contribution in [3.63, 3.8) is 0 Å². The highest BCUT2D eigenvalue weighted by Crippen LogP contribution is 2.14. The van der Waals surface area contributed by atoms with Crippen LogP contribution in [0.1, 0.15) is 5.56 Å². The summed E-state index contributed by atoms with van der Waals surface area (Å²) in [6.45, 7) is 1.90. The molecule has 0 fully saturated rings. The Morgan fingerprint density at radius 1 is 1.40 bits per heavy atom. The van der Waals surface area contributed by atoms with Crippen LogP contribution >= 0.6 is 0 Å². The topological polar surface area (TPSA) is 41.5 Å². The fourth-order valence-corrected chi connectivity index (χ4v) is 0.720. The maximum Gasteiger partial charge on any atom is 0.153 e. The van der Waals surface area contributed by atoms with Gasteiger partial charge < -0.3 is 4.84 Å². The van der Waals surface area contributed by atoms with Crippen molar-refractivity contribution in [1.82, 2.24) is 5.64 Å². The summed E-state index contributed by atoms with van der Waals surface area (Å²) in [4.78, 5) is 4.64. The van der Waals surface area contributed by atoms with Crippen LogP contribution in [0.5, 0.6) is 5.75 Å². The predicted octanol–water partition coefficient (Wildman–Crippen LogP) is 1.27. The smallest absolute Gasteiger partial charge is 0.153 e. The normalized spacial score (nSPS) is 9.40. The molecule has 1 aromatic carbocycles. The minimum absolute atomic E-state index is 0.630. The van der Waals surface area contributed by atoms with E-state index in [2.05, 4.69) is 4.84 Å². The third-order valence-corrected chi connectivity index (χ3v) is 1.25. The molecule has 0 bridgehead atoms. The van der Waals surface area contributed by atoms with E-state index in [1.807, 2.05) is 25.1 Å². The third-order valence-electron chi connectivity index (χ3n) is 1.25. The van der Waals surface area contributed by atoms with Gasteiger partial charge in [0.05, 0.1) is 0 Å². The molecule has 0 aliphatic carbocycles. The maximum atomic E-state index is 8.17. The van der Waals surface area contributed by atoms with Crippen molar-refractivity contribution >= 4 is 0 Å². The molecule has 0 aromatic heterocycles. The lowest BCUT2D eigenvalue weighted by atomic mass is 10.2. The SMILES string of the molecule is Cc1ccccc1ONO. The quantitative estimate of drug-likeness (QED) is 0.606. The van der Waals surface area contributed by atoms with Gasteiger partial charge in [-0.05, 0) is 24.2 Å². The Bertz CT molecular complexity index is 213. The zero-order chi connectivity index (χ0) is 7.40. The van der Waals surface area contributed by atoms with Crippen LogP contribution in [-0.4, -0.2) is 5.21 Å². The largest absolute Gasteiger partial charge is 0.383 e. The molecule has 0 radical (unpaired) electrons. The molecule has 0 saturated heterocycles. The number of hydrogen-bond acceptors (Lipinski definition) is 3. The minimum Gasteiger partial charge on any atom is -0.383 e. The van der Waals surface area contributed by atoms with Gasteiger partial charge in [-0.2, -0.15) is 0 Å².